The summed E-state index contributed by atoms with van der Waals surface area (Å²) in [6.07, 6.45) is -0.929. The molecule has 1 aliphatic heterocycles. The summed E-state index contributed by atoms with van der Waals surface area (Å²) in [6.45, 7) is 2.57. The number of rotatable bonds is 1. The molecule has 0 bridgehead atoms. The van der Waals surface area contributed by atoms with Crippen molar-refractivity contribution in [3.05, 3.63) is 0 Å². The molecule has 1 fully saturated rings. The van der Waals surface area contributed by atoms with Crippen LogP contribution in [0.25, 0.3) is 0 Å². The second-order valence-electron chi connectivity index (χ2n) is 3.33. The second kappa shape index (κ2) is 3.93. The van der Waals surface area contributed by atoms with Crippen LogP contribution >= 0.6 is 0 Å². The van der Waals surface area contributed by atoms with E-state index in [0.29, 0.717) is 13.1 Å². The third kappa shape index (κ3) is 1.76. The molecule has 76 valence electrons. The highest BCUT2D eigenvalue weighted by molar-refractivity contribution is 5.68. The van der Waals surface area contributed by atoms with Crippen LogP contribution in [0.4, 0.5) is 4.79 Å². The second-order valence-corrected chi connectivity index (χ2v) is 3.33. The maximum atomic E-state index is 11.2. The molecule has 3 N–H and O–H groups in total. The number of aliphatic hydroxyl groups excluding tert-OH is 1. The quantitative estimate of drug-likeness (QED) is 0.575. The first kappa shape index (κ1) is 10.3. The van der Waals surface area contributed by atoms with E-state index >= 15 is 0 Å². The van der Waals surface area contributed by atoms with Crippen molar-refractivity contribution in [1.82, 2.24) is 4.90 Å². The lowest BCUT2D eigenvalue weighted by Crippen LogP contribution is -2.37. The Morgan fingerprint density at radius 3 is 2.77 bits per heavy atom. The van der Waals surface area contributed by atoms with E-state index < -0.39 is 12.2 Å². The number of amides is 1. The standard InChI is InChI=1S/C8H16N2O3/c1-5-6(3-9)7(11)4-10(5)8(12)13-2/h5-7,11H,3-4,9H2,1-2H3. The molecular formula is C8H16N2O3. The van der Waals surface area contributed by atoms with E-state index in [9.17, 15) is 9.90 Å². The van der Waals surface area contributed by atoms with Gasteiger partial charge in [0, 0.05) is 12.0 Å². The maximum absolute atomic E-state index is 11.2. The van der Waals surface area contributed by atoms with Gasteiger partial charge in [0.2, 0.25) is 0 Å². The molecule has 0 spiro atoms. The van der Waals surface area contributed by atoms with Gasteiger partial charge in [0.05, 0.1) is 19.8 Å². The van der Waals surface area contributed by atoms with Crippen LogP contribution in [0, 0.1) is 5.92 Å². The zero-order valence-electron chi connectivity index (χ0n) is 7.93. The SMILES string of the molecule is COC(=O)N1CC(O)C(CN)C1C. The van der Waals surface area contributed by atoms with Crippen molar-refractivity contribution in [3.63, 3.8) is 0 Å². The van der Waals surface area contributed by atoms with Crippen molar-refractivity contribution in [2.24, 2.45) is 11.7 Å². The van der Waals surface area contributed by atoms with Crippen LogP contribution in [0.3, 0.4) is 0 Å². The highest BCUT2D eigenvalue weighted by atomic mass is 16.5. The molecule has 0 aromatic carbocycles. The zero-order chi connectivity index (χ0) is 10.0. The molecule has 1 aliphatic rings. The number of ether oxygens (including phenoxy) is 1. The first-order valence-electron chi connectivity index (χ1n) is 4.34. The fourth-order valence-corrected chi connectivity index (χ4v) is 1.77. The van der Waals surface area contributed by atoms with Gasteiger partial charge in [0.1, 0.15) is 0 Å². The Bertz CT molecular complexity index is 198. The van der Waals surface area contributed by atoms with Gasteiger partial charge in [0.15, 0.2) is 0 Å². The molecule has 5 nitrogen and oxygen atoms in total. The summed E-state index contributed by atoms with van der Waals surface area (Å²) >= 11 is 0. The minimum Gasteiger partial charge on any atom is -0.453 e. The number of aliphatic hydroxyl groups is 1. The molecular weight excluding hydrogens is 172 g/mol. The summed E-state index contributed by atoms with van der Waals surface area (Å²) in [6, 6.07) is -0.0487. The summed E-state index contributed by atoms with van der Waals surface area (Å²) in [5, 5.41) is 9.54. The largest absolute Gasteiger partial charge is 0.453 e. The van der Waals surface area contributed by atoms with Crippen molar-refractivity contribution in [2.75, 3.05) is 20.2 Å². The molecule has 0 aromatic rings. The number of β-amino-alcohol motifs (C(OH)–C–C–N with tert-alkyl or cyclic N) is 1. The fourth-order valence-electron chi connectivity index (χ4n) is 1.77. The van der Waals surface area contributed by atoms with E-state index in [1.165, 1.54) is 12.0 Å². The van der Waals surface area contributed by atoms with Crippen LogP contribution in [0.2, 0.25) is 0 Å². The van der Waals surface area contributed by atoms with Gasteiger partial charge < -0.3 is 20.5 Å². The molecule has 1 rings (SSSR count). The minimum absolute atomic E-state index is 0.0425. The number of nitrogens with two attached hydrogens (primary N) is 1. The Labute approximate surface area is 77.5 Å². The summed E-state index contributed by atoms with van der Waals surface area (Å²) in [5.41, 5.74) is 5.48. The number of nitrogens with zero attached hydrogens (tertiary/aromatic N) is 1. The van der Waals surface area contributed by atoms with Crippen molar-refractivity contribution in [1.29, 1.82) is 0 Å². The maximum Gasteiger partial charge on any atom is 0.409 e. The van der Waals surface area contributed by atoms with Crippen LogP contribution in [0.5, 0.6) is 0 Å². The lowest BCUT2D eigenvalue weighted by Gasteiger charge is -2.22. The Hall–Kier alpha value is -0.810. The van der Waals surface area contributed by atoms with E-state index in [1.54, 1.807) is 0 Å². The minimum atomic E-state index is -0.529. The van der Waals surface area contributed by atoms with Gasteiger partial charge in [-0.25, -0.2) is 4.79 Å². The lowest BCUT2D eigenvalue weighted by atomic mass is 10.0. The third-order valence-corrected chi connectivity index (χ3v) is 2.67. The lowest BCUT2D eigenvalue weighted by molar-refractivity contribution is 0.114. The van der Waals surface area contributed by atoms with E-state index in [-0.39, 0.29) is 12.0 Å². The predicted octanol–water partition coefficient (Wildman–Crippen LogP) is -0.607. The normalized spacial score (nSPS) is 33.5. The number of hydrogen-bond donors (Lipinski definition) is 2. The van der Waals surface area contributed by atoms with E-state index in [1.807, 2.05) is 6.92 Å². The third-order valence-electron chi connectivity index (χ3n) is 2.67. The monoisotopic (exact) mass is 188 g/mol. The summed E-state index contributed by atoms with van der Waals surface area (Å²) in [4.78, 5) is 12.7. The fraction of sp³-hybridized carbons (Fsp3) is 0.875. The van der Waals surface area contributed by atoms with Crippen LogP contribution in [-0.4, -0.2) is 48.4 Å². The smallest absolute Gasteiger partial charge is 0.409 e. The van der Waals surface area contributed by atoms with Gasteiger partial charge in [0.25, 0.3) is 0 Å². The van der Waals surface area contributed by atoms with Gasteiger partial charge in [-0.2, -0.15) is 0 Å². The van der Waals surface area contributed by atoms with Gasteiger partial charge in [-0.1, -0.05) is 0 Å². The Morgan fingerprint density at radius 2 is 2.38 bits per heavy atom. The van der Waals surface area contributed by atoms with Crippen molar-refractivity contribution in [3.8, 4) is 0 Å². The highest BCUT2D eigenvalue weighted by Gasteiger charge is 2.40. The molecule has 13 heavy (non-hydrogen) atoms. The van der Waals surface area contributed by atoms with Crippen LogP contribution in [-0.2, 0) is 4.74 Å². The van der Waals surface area contributed by atoms with E-state index in [2.05, 4.69) is 4.74 Å². The van der Waals surface area contributed by atoms with Crippen molar-refractivity contribution in [2.45, 2.75) is 19.1 Å². The Kier molecular flexibility index (Phi) is 3.11. The topological polar surface area (TPSA) is 75.8 Å². The molecule has 5 heteroatoms. The molecule has 0 aromatic heterocycles. The molecule has 1 amide bonds. The average molecular weight is 188 g/mol. The molecule has 0 radical (unpaired) electrons. The number of carbonyl (C=O) groups excluding carboxylic acids is 1. The van der Waals surface area contributed by atoms with Crippen molar-refractivity contribution < 1.29 is 14.6 Å². The molecule has 3 unspecified atom stereocenters. The summed E-state index contributed by atoms with van der Waals surface area (Å²) < 4.78 is 4.58. The van der Waals surface area contributed by atoms with Gasteiger partial charge in [-0.05, 0) is 13.5 Å². The number of methoxy groups -OCH3 is 1. The first-order valence-corrected chi connectivity index (χ1v) is 4.34. The van der Waals surface area contributed by atoms with Crippen LogP contribution in [0.15, 0.2) is 0 Å². The molecule has 0 aliphatic carbocycles. The van der Waals surface area contributed by atoms with Gasteiger partial charge in [-0.3, -0.25) is 0 Å². The van der Waals surface area contributed by atoms with Crippen LogP contribution in [0.1, 0.15) is 6.92 Å². The van der Waals surface area contributed by atoms with Crippen LogP contribution < -0.4 is 5.73 Å². The number of carbonyl (C=O) groups is 1. The Balaban J connectivity index is 2.66. The summed E-state index contributed by atoms with van der Waals surface area (Å²) in [5.74, 6) is -0.0425. The molecule has 3 atom stereocenters. The van der Waals surface area contributed by atoms with Gasteiger partial charge >= 0.3 is 6.09 Å². The zero-order valence-corrected chi connectivity index (χ0v) is 7.93. The molecule has 0 saturated carbocycles. The molecule has 1 saturated heterocycles. The van der Waals surface area contributed by atoms with Gasteiger partial charge in [-0.15, -0.1) is 0 Å². The number of hydrogen-bond acceptors (Lipinski definition) is 4. The Morgan fingerprint density at radius 1 is 1.77 bits per heavy atom. The van der Waals surface area contributed by atoms with Crippen molar-refractivity contribution >= 4 is 6.09 Å². The van der Waals surface area contributed by atoms with E-state index in [4.69, 9.17) is 5.73 Å². The number of likely N-dealkylation sites (tertiary alicyclic amines) is 1. The van der Waals surface area contributed by atoms with E-state index in [0.717, 1.165) is 0 Å². The first-order chi connectivity index (χ1) is 6.11. The summed E-state index contributed by atoms with van der Waals surface area (Å²) in [7, 11) is 1.33. The average Bonchev–Trinajstić information content (AvgIpc) is 2.40. The molecule has 1 heterocycles. The highest BCUT2D eigenvalue weighted by Crippen LogP contribution is 2.23. The predicted molar refractivity (Wildman–Crippen MR) is 47.1 cm³/mol.